The third kappa shape index (κ3) is 3.48. The van der Waals surface area contributed by atoms with Gasteiger partial charge >= 0.3 is 0 Å². The quantitative estimate of drug-likeness (QED) is 0.940. The van der Waals surface area contributed by atoms with E-state index in [-0.39, 0.29) is 11.4 Å². The van der Waals surface area contributed by atoms with Crippen molar-refractivity contribution < 1.29 is 4.79 Å². The zero-order valence-electron chi connectivity index (χ0n) is 15.6. The Morgan fingerprint density at radius 3 is 2.75 bits per heavy atom. The molecule has 0 atom stereocenters. The maximum Gasteiger partial charge on any atom is 0.222 e. The third-order valence-electron chi connectivity index (χ3n) is 4.68. The van der Waals surface area contributed by atoms with Crippen molar-refractivity contribution in [3.63, 3.8) is 0 Å². The van der Waals surface area contributed by atoms with E-state index < -0.39 is 0 Å². The first-order chi connectivity index (χ1) is 11.2. The largest absolute Gasteiger partial charge is 0.351 e. The number of likely N-dealkylation sites (N-methyl/N-ethyl adjacent to an activating group) is 1. The number of hydrogen-bond donors (Lipinski definition) is 1. The lowest BCUT2D eigenvalue weighted by molar-refractivity contribution is -0.122. The van der Waals surface area contributed by atoms with E-state index in [2.05, 4.69) is 47.0 Å². The molecule has 4 nitrogen and oxygen atoms in total. The van der Waals surface area contributed by atoms with Gasteiger partial charge in [0, 0.05) is 54.6 Å². The first-order valence-electron chi connectivity index (χ1n) is 8.85. The third-order valence-corrected chi connectivity index (χ3v) is 4.68. The van der Waals surface area contributed by atoms with Gasteiger partial charge in [-0.3, -0.25) is 4.79 Å². The van der Waals surface area contributed by atoms with Crippen LogP contribution >= 0.6 is 0 Å². The zero-order valence-corrected chi connectivity index (χ0v) is 15.6. The topological polar surface area (TPSA) is 37.3 Å². The molecular weight excluding hydrogens is 298 g/mol. The molecule has 130 valence electrons. The highest BCUT2D eigenvalue weighted by Gasteiger charge is 2.23. The van der Waals surface area contributed by atoms with E-state index in [9.17, 15) is 4.79 Å². The molecule has 24 heavy (non-hydrogen) atoms. The van der Waals surface area contributed by atoms with Gasteiger partial charge in [0.1, 0.15) is 0 Å². The number of carbonyl (C=O) groups is 1. The van der Waals surface area contributed by atoms with E-state index in [1.807, 2.05) is 20.8 Å². The van der Waals surface area contributed by atoms with E-state index in [0.717, 1.165) is 26.1 Å². The summed E-state index contributed by atoms with van der Waals surface area (Å²) in [6.07, 6.45) is 1.58. The molecule has 1 aromatic carbocycles. The molecule has 1 aliphatic rings. The number of nitrogens with one attached hydrogen (secondary N) is 1. The fraction of sp³-hybridized carbons (Fsp3) is 0.550. The van der Waals surface area contributed by atoms with Crippen LogP contribution in [-0.2, 0) is 24.3 Å². The minimum Gasteiger partial charge on any atom is -0.351 e. The molecule has 2 aromatic rings. The second kappa shape index (κ2) is 6.25. The van der Waals surface area contributed by atoms with Gasteiger partial charge in [0.25, 0.3) is 0 Å². The number of fused-ring (bicyclic) bond motifs is 3. The minimum atomic E-state index is -0.172. The van der Waals surface area contributed by atoms with Gasteiger partial charge in [-0.25, -0.2) is 0 Å². The molecule has 2 heterocycles. The van der Waals surface area contributed by atoms with Gasteiger partial charge in [-0.1, -0.05) is 11.6 Å². The number of rotatable bonds is 3. The number of hydrogen-bond acceptors (Lipinski definition) is 2. The lowest BCUT2D eigenvalue weighted by atomic mass is 10.0. The summed E-state index contributed by atoms with van der Waals surface area (Å²) >= 11 is 0. The van der Waals surface area contributed by atoms with Crippen LogP contribution in [0.3, 0.4) is 0 Å². The summed E-state index contributed by atoms with van der Waals surface area (Å²) < 4.78 is 2.37. The van der Waals surface area contributed by atoms with Crippen LogP contribution in [0.15, 0.2) is 18.2 Å². The highest BCUT2D eigenvalue weighted by atomic mass is 16.1. The van der Waals surface area contributed by atoms with Gasteiger partial charge < -0.3 is 14.8 Å². The van der Waals surface area contributed by atoms with Gasteiger partial charge in [-0.2, -0.15) is 0 Å². The van der Waals surface area contributed by atoms with Crippen molar-refractivity contribution in [1.82, 2.24) is 14.8 Å². The predicted molar refractivity (Wildman–Crippen MR) is 99.2 cm³/mol. The van der Waals surface area contributed by atoms with E-state index in [4.69, 9.17) is 0 Å². The van der Waals surface area contributed by atoms with Crippen molar-refractivity contribution in [1.29, 1.82) is 0 Å². The van der Waals surface area contributed by atoms with Gasteiger partial charge in [-0.05, 0) is 52.4 Å². The van der Waals surface area contributed by atoms with Gasteiger partial charge in [-0.15, -0.1) is 0 Å². The Morgan fingerprint density at radius 2 is 2.04 bits per heavy atom. The van der Waals surface area contributed by atoms with Crippen LogP contribution in [-0.4, -0.2) is 34.5 Å². The Kier molecular flexibility index (Phi) is 4.43. The Labute approximate surface area is 144 Å². The van der Waals surface area contributed by atoms with Crippen LogP contribution in [0.4, 0.5) is 0 Å². The number of nitrogens with zero attached hydrogens (tertiary/aromatic N) is 2. The molecule has 1 amide bonds. The summed E-state index contributed by atoms with van der Waals surface area (Å²) in [4.78, 5) is 14.6. The molecular formula is C20H29N3O. The number of carbonyl (C=O) groups excluding carboxylic acids is 1. The summed E-state index contributed by atoms with van der Waals surface area (Å²) in [6.45, 7) is 11.0. The first-order valence-corrected chi connectivity index (χ1v) is 8.85. The molecule has 3 rings (SSSR count). The van der Waals surface area contributed by atoms with Crippen molar-refractivity contribution in [3.05, 3.63) is 35.0 Å². The van der Waals surface area contributed by atoms with Crippen molar-refractivity contribution in [2.45, 2.75) is 59.2 Å². The van der Waals surface area contributed by atoms with Gasteiger partial charge in [0.05, 0.1) is 0 Å². The second-order valence-electron chi connectivity index (χ2n) is 8.13. The standard InChI is InChI=1S/C20H29N3O/c1-14-6-7-17-15(12-14)16-13-22(5)10-8-18(16)23(17)11-9-19(24)21-20(2,3)4/h6-7,12H,8-11,13H2,1-5H3,(H,21,24). The van der Waals surface area contributed by atoms with Crippen molar-refractivity contribution >= 4 is 16.8 Å². The second-order valence-corrected chi connectivity index (χ2v) is 8.13. The highest BCUT2D eigenvalue weighted by Crippen LogP contribution is 2.31. The molecule has 1 aliphatic heterocycles. The fourth-order valence-corrected chi connectivity index (χ4v) is 3.65. The van der Waals surface area contributed by atoms with Crippen molar-refractivity contribution in [3.8, 4) is 0 Å². The average Bonchev–Trinajstić information content (AvgIpc) is 2.76. The maximum absolute atomic E-state index is 12.2. The molecule has 0 aliphatic carbocycles. The average molecular weight is 327 g/mol. The number of aromatic nitrogens is 1. The number of amides is 1. The molecule has 0 fully saturated rings. The fourth-order valence-electron chi connectivity index (χ4n) is 3.65. The molecule has 0 spiro atoms. The van der Waals surface area contributed by atoms with Crippen LogP contribution in [0.1, 0.15) is 44.0 Å². The minimum absolute atomic E-state index is 0.123. The normalized spacial score (nSPS) is 15.5. The molecule has 0 bridgehead atoms. The van der Waals surface area contributed by atoms with E-state index >= 15 is 0 Å². The van der Waals surface area contributed by atoms with E-state index in [0.29, 0.717) is 6.42 Å². The monoisotopic (exact) mass is 327 g/mol. The number of benzene rings is 1. The lowest BCUT2D eigenvalue weighted by Gasteiger charge is -2.24. The van der Waals surface area contributed by atoms with Crippen LogP contribution < -0.4 is 5.32 Å². The Balaban J connectivity index is 1.92. The Hall–Kier alpha value is -1.81. The van der Waals surface area contributed by atoms with Crippen LogP contribution in [0.5, 0.6) is 0 Å². The molecule has 0 radical (unpaired) electrons. The summed E-state index contributed by atoms with van der Waals surface area (Å²) in [5.41, 5.74) is 5.25. The highest BCUT2D eigenvalue weighted by molar-refractivity contribution is 5.87. The van der Waals surface area contributed by atoms with E-state index in [1.54, 1.807) is 0 Å². The SMILES string of the molecule is Cc1ccc2c(c1)c1c(n2CCC(=O)NC(C)(C)C)CCN(C)C1. The van der Waals surface area contributed by atoms with Crippen LogP contribution in [0, 0.1) is 6.92 Å². The molecule has 4 heteroatoms. The molecule has 0 saturated carbocycles. The van der Waals surface area contributed by atoms with Crippen LogP contribution in [0.25, 0.3) is 10.9 Å². The molecule has 1 aromatic heterocycles. The molecule has 1 N–H and O–H groups in total. The maximum atomic E-state index is 12.2. The Morgan fingerprint density at radius 1 is 1.29 bits per heavy atom. The van der Waals surface area contributed by atoms with E-state index in [1.165, 1.54) is 27.7 Å². The first kappa shape index (κ1) is 17.0. The van der Waals surface area contributed by atoms with Gasteiger partial charge in [0.15, 0.2) is 0 Å². The molecule has 0 saturated heterocycles. The van der Waals surface area contributed by atoms with Gasteiger partial charge in [0.2, 0.25) is 5.91 Å². The molecule has 0 unspecified atom stereocenters. The predicted octanol–water partition coefficient (Wildman–Crippen LogP) is 3.24. The number of aryl methyl sites for hydroxylation is 2. The summed E-state index contributed by atoms with van der Waals surface area (Å²) in [6, 6.07) is 6.67. The van der Waals surface area contributed by atoms with Crippen molar-refractivity contribution in [2.24, 2.45) is 0 Å². The summed E-state index contributed by atoms with van der Waals surface area (Å²) in [5, 5.41) is 4.42. The zero-order chi connectivity index (χ0) is 17.5. The van der Waals surface area contributed by atoms with Crippen LogP contribution in [0.2, 0.25) is 0 Å². The summed E-state index contributed by atoms with van der Waals surface area (Å²) in [7, 11) is 2.18. The summed E-state index contributed by atoms with van der Waals surface area (Å²) in [5.74, 6) is 0.123. The lowest BCUT2D eigenvalue weighted by Crippen LogP contribution is -2.40. The smallest absolute Gasteiger partial charge is 0.222 e. The van der Waals surface area contributed by atoms with Crippen molar-refractivity contribution in [2.75, 3.05) is 13.6 Å². The Bertz CT molecular complexity index is 767.